The largest absolute Gasteiger partial charge is 0.493 e. The lowest BCUT2D eigenvalue weighted by molar-refractivity contribution is -0.124. The Balaban J connectivity index is 1.75. The lowest BCUT2D eigenvalue weighted by atomic mass is 9.94. The number of amides is 1. The Morgan fingerprint density at radius 2 is 1.72 bits per heavy atom. The number of nitrogens with one attached hydrogen (secondary N) is 1. The fourth-order valence-electron chi connectivity index (χ4n) is 3.08. The second-order valence-corrected chi connectivity index (χ2v) is 6.40. The molecule has 1 atom stereocenters. The van der Waals surface area contributed by atoms with Crippen LogP contribution in [0.5, 0.6) is 11.5 Å². The van der Waals surface area contributed by atoms with Gasteiger partial charge in [0, 0.05) is 0 Å². The molecule has 0 spiro atoms. The first-order valence-corrected chi connectivity index (χ1v) is 8.29. The van der Waals surface area contributed by atoms with Gasteiger partial charge in [0.15, 0.2) is 11.5 Å². The molecule has 0 heterocycles. The molecule has 4 nitrogen and oxygen atoms in total. The van der Waals surface area contributed by atoms with Crippen LogP contribution in [0.3, 0.4) is 0 Å². The van der Waals surface area contributed by atoms with E-state index in [0.29, 0.717) is 11.5 Å². The first-order valence-electron chi connectivity index (χ1n) is 8.29. The molecule has 3 rings (SSSR count). The van der Waals surface area contributed by atoms with Crippen LogP contribution in [0.2, 0.25) is 0 Å². The molecule has 1 saturated carbocycles. The van der Waals surface area contributed by atoms with E-state index in [2.05, 4.69) is 5.32 Å². The topological polar surface area (TPSA) is 47.6 Å². The fourth-order valence-corrected chi connectivity index (χ4v) is 3.08. The summed E-state index contributed by atoms with van der Waals surface area (Å²) in [6, 6.07) is 11.6. The van der Waals surface area contributed by atoms with Crippen molar-refractivity contribution in [3.63, 3.8) is 0 Å². The van der Waals surface area contributed by atoms with Crippen molar-refractivity contribution in [1.29, 1.82) is 0 Å². The Kier molecular flexibility index (Phi) is 4.66. The summed E-state index contributed by atoms with van der Waals surface area (Å²) in [5.74, 6) is 0.954. The second-order valence-electron chi connectivity index (χ2n) is 6.40. The van der Waals surface area contributed by atoms with Gasteiger partial charge in [-0.3, -0.25) is 4.79 Å². The van der Waals surface area contributed by atoms with Gasteiger partial charge in [-0.05, 0) is 55.2 Å². The van der Waals surface area contributed by atoms with E-state index in [9.17, 15) is 9.18 Å². The van der Waals surface area contributed by atoms with E-state index in [0.717, 1.165) is 24.0 Å². The van der Waals surface area contributed by atoms with Gasteiger partial charge in [-0.2, -0.15) is 0 Å². The van der Waals surface area contributed by atoms with Gasteiger partial charge < -0.3 is 14.8 Å². The summed E-state index contributed by atoms with van der Waals surface area (Å²) in [6.07, 6.45) is 1.56. The highest BCUT2D eigenvalue weighted by Gasteiger charge is 2.51. The van der Waals surface area contributed by atoms with Gasteiger partial charge in [-0.1, -0.05) is 18.2 Å². The average Bonchev–Trinajstić information content (AvgIpc) is 3.43. The molecule has 25 heavy (non-hydrogen) atoms. The van der Waals surface area contributed by atoms with Crippen molar-refractivity contribution in [1.82, 2.24) is 5.32 Å². The Morgan fingerprint density at radius 1 is 1.08 bits per heavy atom. The Hall–Kier alpha value is -2.56. The van der Waals surface area contributed by atoms with Crippen LogP contribution < -0.4 is 14.8 Å². The third-order valence-corrected chi connectivity index (χ3v) is 4.84. The number of hydrogen-bond acceptors (Lipinski definition) is 3. The van der Waals surface area contributed by atoms with E-state index < -0.39 is 5.41 Å². The quantitative estimate of drug-likeness (QED) is 0.869. The average molecular weight is 343 g/mol. The number of benzene rings is 2. The van der Waals surface area contributed by atoms with Gasteiger partial charge in [-0.15, -0.1) is 0 Å². The van der Waals surface area contributed by atoms with Gasteiger partial charge in [0.25, 0.3) is 0 Å². The first kappa shape index (κ1) is 17.3. The number of carbonyl (C=O) groups is 1. The third-order valence-electron chi connectivity index (χ3n) is 4.84. The molecule has 0 aromatic heterocycles. The van der Waals surface area contributed by atoms with E-state index in [1.54, 1.807) is 26.4 Å². The number of ether oxygens (including phenoxy) is 2. The minimum atomic E-state index is -0.529. The third kappa shape index (κ3) is 3.31. The van der Waals surface area contributed by atoms with Crippen molar-refractivity contribution in [3.05, 3.63) is 59.4 Å². The Morgan fingerprint density at radius 3 is 2.28 bits per heavy atom. The molecule has 1 unspecified atom stereocenters. The second kappa shape index (κ2) is 6.75. The minimum Gasteiger partial charge on any atom is -0.493 e. The predicted octanol–water partition coefficient (Wildman–Crippen LogP) is 3.75. The standard InChI is InChI=1S/C20H22FNO3/c1-13(14-4-9-17(24-2)18(12-14)25-3)22-19(23)20(10-11-20)15-5-7-16(21)8-6-15/h4-9,12-13H,10-11H2,1-3H3,(H,22,23). The van der Waals surface area contributed by atoms with Gasteiger partial charge in [0.2, 0.25) is 5.91 Å². The molecule has 0 aliphatic heterocycles. The molecule has 5 heteroatoms. The van der Waals surface area contributed by atoms with Crippen LogP contribution in [0.1, 0.15) is 36.9 Å². The first-order chi connectivity index (χ1) is 12.0. The van der Waals surface area contributed by atoms with Crippen molar-refractivity contribution in [2.75, 3.05) is 14.2 Å². The normalized spacial score (nSPS) is 16.0. The summed E-state index contributed by atoms with van der Waals surface area (Å²) < 4.78 is 23.7. The summed E-state index contributed by atoms with van der Waals surface area (Å²) in [4.78, 5) is 12.8. The van der Waals surface area contributed by atoms with Crippen molar-refractivity contribution in [2.45, 2.75) is 31.2 Å². The summed E-state index contributed by atoms with van der Waals surface area (Å²) in [5.41, 5.74) is 1.27. The van der Waals surface area contributed by atoms with E-state index in [1.807, 2.05) is 25.1 Å². The molecule has 1 fully saturated rings. The van der Waals surface area contributed by atoms with Crippen LogP contribution in [0.4, 0.5) is 4.39 Å². The van der Waals surface area contributed by atoms with Crippen LogP contribution in [-0.4, -0.2) is 20.1 Å². The lowest BCUT2D eigenvalue weighted by Crippen LogP contribution is -2.36. The van der Waals surface area contributed by atoms with Crippen LogP contribution >= 0.6 is 0 Å². The van der Waals surface area contributed by atoms with Crippen LogP contribution in [0.25, 0.3) is 0 Å². The molecule has 1 aliphatic rings. The fraction of sp³-hybridized carbons (Fsp3) is 0.350. The number of rotatable bonds is 6. The maximum atomic E-state index is 13.1. The maximum Gasteiger partial charge on any atom is 0.231 e. The summed E-state index contributed by atoms with van der Waals surface area (Å²) in [5, 5.41) is 3.07. The molecule has 2 aromatic rings. The monoisotopic (exact) mass is 343 g/mol. The number of methoxy groups -OCH3 is 2. The summed E-state index contributed by atoms with van der Waals surface area (Å²) in [7, 11) is 3.17. The molecule has 1 aliphatic carbocycles. The molecule has 132 valence electrons. The number of halogens is 1. The predicted molar refractivity (Wildman–Crippen MR) is 93.4 cm³/mol. The molecule has 1 amide bonds. The molecular formula is C20H22FNO3. The van der Waals surface area contributed by atoms with Gasteiger partial charge in [0.05, 0.1) is 25.7 Å². The number of hydrogen-bond donors (Lipinski definition) is 1. The van der Waals surface area contributed by atoms with Crippen molar-refractivity contribution < 1.29 is 18.7 Å². The zero-order valence-corrected chi connectivity index (χ0v) is 14.6. The summed E-state index contributed by atoms with van der Waals surface area (Å²) in [6.45, 7) is 1.93. The molecule has 2 aromatic carbocycles. The maximum absolute atomic E-state index is 13.1. The van der Waals surface area contributed by atoms with Crippen LogP contribution in [0, 0.1) is 5.82 Å². The Bertz CT molecular complexity index is 769. The molecule has 0 bridgehead atoms. The van der Waals surface area contributed by atoms with E-state index in [4.69, 9.17) is 9.47 Å². The highest BCUT2D eigenvalue weighted by atomic mass is 19.1. The SMILES string of the molecule is COc1ccc(C(C)NC(=O)C2(c3ccc(F)cc3)CC2)cc1OC. The van der Waals surface area contributed by atoms with E-state index >= 15 is 0 Å². The van der Waals surface area contributed by atoms with Gasteiger partial charge in [0.1, 0.15) is 5.82 Å². The lowest BCUT2D eigenvalue weighted by Gasteiger charge is -2.21. The molecule has 1 N–H and O–H groups in total. The van der Waals surface area contributed by atoms with E-state index in [-0.39, 0.29) is 17.8 Å². The molecule has 0 saturated heterocycles. The van der Waals surface area contributed by atoms with Crippen LogP contribution in [-0.2, 0) is 10.2 Å². The van der Waals surface area contributed by atoms with Crippen molar-refractivity contribution in [2.24, 2.45) is 0 Å². The van der Waals surface area contributed by atoms with E-state index in [1.165, 1.54) is 12.1 Å². The zero-order chi connectivity index (χ0) is 18.0. The van der Waals surface area contributed by atoms with Crippen LogP contribution in [0.15, 0.2) is 42.5 Å². The van der Waals surface area contributed by atoms with Gasteiger partial charge >= 0.3 is 0 Å². The molecular weight excluding hydrogens is 321 g/mol. The number of carbonyl (C=O) groups excluding carboxylic acids is 1. The Labute approximate surface area is 147 Å². The van der Waals surface area contributed by atoms with Crippen molar-refractivity contribution >= 4 is 5.91 Å². The minimum absolute atomic E-state index is 0.0265. The zero-order valence-electron chi connectivity index (χ0n) is 14.6. The van der Waals surface area contributed by atoms with Crippen molar-refractivity contribution in [3.8, 4) is 11.5 Å². The van der Waals surface area contributed by atoms with Gasteiger partial charge in [-0.25, -0.2) is 4.39 Å². The molecule has 0 radical (unpaired) electrons. The summed E-state index contributed by atoms with van der Waals surface area (Å²) >= 11 is 0. The highest BCUT2D eigenvalue weighted by Crippen LogP contribution is 2.48. The smallest absolute Gasteiger partial charge is 0.231 e. The highest BCUT2D eigenvalue weighted by molar-refractivity contribution is 5.91.